The molecule has 1 heterocycles. The molecule has 2 amide bonds. The van der Waals surface area contributed by atoms with Gasteiger partial charge in [-0.1, -0.05) is 6.92 Å². The summed E-state index contributed by atoms with van der Waals surface area (Å²) in [6, 6.07) is 3.02. The molecule has 132 valence electrons. The molecule has 0 spiro atoms. The third-order valence-electron chi connectivity index (χ3n) is 4.78. The van der Waals surface area contributed by atoms with E-state index in [1.54, 1.807) is 0 Å². The maximum atomic E-state index is 13.7. The molecule has 2 N–H and O–H groups in total. The van der Waals surface area contributed by atoms with Gasteiger partial charge in [-0.05, 0) is 55.7 Å². The molecule has 3 rings (SSSR count). The molecule has 1 fully saturated rings. The zero-order valence-corrected chi connectivity index (χ0v) is 14.1. The van der Waals surface area contributed by atoms with Crippen molar-refractivity contribution in [1.82, 2.24) is 10.6 Å². The molecule has 1 saturated carbocycles. The maximum absolute atomic E-state index is 13.7. The van der Waals surface area contributed by atoms with Gasteiger partial charge >= 0.3 is 6.03 Å². The summed E-state index contributed by atoms with van der Waals surface area (Å²) < 4.78 is 24.3. The van der Waals surface area contributed by atoms with Crippen molar-refractivity contribution >= 4 is 6.03 Å². The fourth-order valence-corrected chi connectivity index (χ4v) is 3.39. The molecule has 6 heteroatoms. The third kappa shape index (κ3) is 4.38. The fraction of sp³-hybridized carbons (Fsp3) is 0.611. The monoisotopic (exact) mass is 336 g/mol. The first-order chi connectivity index (χ1) is 11.6. The first-order valence-electron chi connectivity index (χ1n) is 8.68. The highest BCUT2D eigenvalue weighted by Crippen LogP contribution is 2.29. The van der Waals surface area contributed by atoms with E-state index in [2.05, 4.69) is 17.6 Å². The molecule has 0 bridgehead atoms. The molecule has 0 radical (unpaired) electrons. The minimum atomic E-state index is -0.307. The number of carbonyl (C=O) groups is 1. The van der Waals surface area contributed by atoms with Crippen molar-refractivity contribution in [3.63, 3.8) is 0 Å². The molecule has 2 aliphatic rings. The Labute approximate surface area is 141 Å². The maximum Gasteiger partial charge on any atom is 0.315 e. The number of urea groups is 1. The number of rotatable bonds is 4. The van der Waals surface area contributed by atoms with Crippen LogP contribution in [0, 0.1) is 11.7 Å². The molecule has 0 aromatic heterocycles. The van der Waals surface area contributed by atoms with Crippen molar-refractivity contribution in [3.8, 4) is 5.75 Å². The first-order valence-corrected chi connectivity index (χ1v) is 8.68. The summed E-state index contributed by atoms with van der Waals surface area (Å²) in [4.78, 5) is 12.0. The average Bonchev–Trinajstić information content (AvgIpc) is 2.57. The van der Waals surface area contributed by atoms with Crippen LogP contribution in [0.1, 0.15) is 43.7 Å². The Morgan fingerprint density at radius 3 is 2.88 bits per heavy atom. The summed E-state index contributed by atoms with van der Waals surface area (Å²) in [5.41, 5.74) is 1.48. The van der Waals surface area contributed by atoms with Crippen LogP contribution in [-0.4, -0.2) is 25.4 Å². The highest BCUT2D eigenvalue weighted by atomic mass is 19.1. The van der Waals surface area contributed by atoms with E-state index in [0.717, 1.165) is 29.9 Å². The Morgan fingerprint density at radius 2 is 2.08 bits per heavy atom. The zero-order valence-electron chi connectivity index (χ0n) is 14.1. The number of hydrogen-bond acceptors (Lipinski definition) is 3. The lowest BCUT2D eigenvalue weighted by atomic mass is 9.87. The van der Waals surface area contributed by atoms with Crippen LogP contribution in [0.4, 0.5) is 9.18 Å². The Morgan fingerprint density at radius 1 is 1.29 bits per heavy atom. The largest absolute Gasteiger partial charge is 0.467 e. The van der Waals surface area contributed by atoms with Crippen molar-refractivity contribution in [1.29, 1.82) is 0 Å². The average molecular weight is 336 g/mol. The van der Waals surface area contributed by atoms with Gasteiger partial charge in [0.2, 0.25) is 0 Å². The number of benzene rings is 1. The molecule has 1 aliphatic heterocycles. The molecule has 0 saturated heterocycles. The number of hydrogen-bond donors (Lipinski definition) is 2. The smallest absolute Gasteiger partial charge is 0.315 e. The summed E-state index contributed by atoms with van der Waals surface area (Å²) >= 11 is 0. The fourth-order valence-electron chi connectivity index (χ4n) is 3.39. The van der Waals surface area contributed by atoms with Gasteiger partial charge in [0.15, 0.2) is 6.79 Å². The van der Waals surface area contributed by atoms with E-state index >= 15 is 0 Å². The van der Waals surface area contributed by atoms with E-state index in [1.165, 1.54) is 25.0 Å². The summed E-state index contributed by atoms with van der Waals surface area (Å²) in [7, 11) is 0. The van der Waals surface area contributed by atoms with Crippen molar-refractivity contribution in [2.45, 2.75) is 51.7 Å². The van der Waals surface area contributed by atoms with Crippen LogP contribution in [-0.2, 0) is 17.8 Å². The number of carbonyl (C=O) groups excluding carboxylic acids is 1. The predicted molar refractivity (Wildman–Crippen MR) is 88.3 cm³/mol. The van der Waals surface area contributed by atoms with Gasteiger partial charge in [-0.3, -0.25) is 0 Å². The van der Waals surface area contributed by atoms with Gasteiger partial charge in [0, 0.05) is 18.2 Å². The summed E-state index contributed by atoms with van der Waals surface area (Å²) in [6.45, 7) is 3.23. The van der Waals surface area contributed by atoms with Gasteiger partial charge in [-0.25, -0.2) is 9.18 Å². The van der Waals surface area contributed by atoms with Gasteiger partial charge in [-0.15, -0.1) is 0 Å². The Hall–Kier alpha value is -1.82. The number of nitrogens with one attached hydrogen (secondary N) is 2. The number of ether oxygens (including phenoxy) is 2. The molecule has 1 aromatic carbocycles. The normalized spacial score (nSPS) is 23.1. The molecule has 5 nitrogen and oxygen atoms in total. The molecule has 24 heavy (non-hydrogen) atoms. The van der Waals surface area contributed by atoms with Gasteiger partial charge in [0.25, 0.3) is 0 Å². The lowest BCUT2D eigenvalue weighted by Gasteiger charge is -2.27. The molecular weight excluding hydrogens is 311 g/mol. The number of amides is 2. The van der Waals surface area contributed by atoms with Crippen LogP contribution in [0.5, 0.6) is 5.75 Å². The Kier molecular flexibility index (Phi) is 5.56. The van der Waals surface area contributed by atoms with Gasteiger partial charge in [-0.2, -0.15) is 0 Å². The van der Waals surface area contributed by atoms with Crippen LogP contribution in [0.3, 0.4) is 0 Å². The minimum Gasteiger partial charge on any atom is -0.467 e. The van der Waals surface area contributed by atoms with Crippen LogP contribution in [0.25, 0.3) is 0 Å². The molecule has 0 atom stereocenters. The Balaban J connectivity index is 1.48. The highest BCUT2D eigenvalue weighted by molar-refractivity contribution is 5.74. The van der Waals surface area contributed by atoms with Crippen molar-refractivity contribution in [3.05, 3.63) is 29.1 Å². The van der Waals surface area contributed by atoms with Crippen molar-refractivity contribution < 1.29 is 18.7 Å². The zero-order chi connectivity index (χ0) is 16.9. The topological polar surface area (TPSA) is 59.6 Å². The first kappa shape index (κ1) is 17.0. The minimum absolute atomic E-state index is 0.149. The standard InChI is InChI=1S/C18H25FN2O3/c1-12-2-4-16(5-3-12)21-18(22)20-7-6-13-8-15(19)9-14-10-23-11-24-17(13)14/h8-9,12,16H,2-7,10-11H2,1H3,(H2,20,21,22). The van der Waals surface area contributed by atoms with Crippen LogP contribution < -0.4 is 15.4 Å². The quantitative estimate of drug-likeness (QED) is 0.888. The van der Waals surface area contributed by atoms with Gasteiger partial charge in [0.05, 0.1) is 6.61 Å². The molecule has 1 aromatic rings. The highest BCUT2D eigenvalue weighted by Gasteiger charge is 2.20. The number of fused-ring (bicyclic) bond motifs is 1. The van der Waals surface area contributed by atoms with Crippen LogP contribution >= 0.6 is 0 Å². The third-order valence-corrected chi connectivity index (χ3v) is 4.78. The summed E-state index contributed by atoms with van der Waals surface area (Å²) in [5, 5.41) is 5.88. The predicted octanol–water partition coefficient (Wildman–Crippen LogP) is 3.11. The SMILES string of the molecule is CC1CCC(NC(=O)NCCc2cc(F)cc3c2OCOC3)CC1. The summed E-state index contributed by atoms with van der Waals surface area (Å²) in [5.74, 6) is 1.14. The van der Waals surface area contributed by atoms with Crippen LogP contribution in [0.2, 0.25) is 0 Å². The molecular formula is C18H25FN2O3. The molecule has 1 aliphatic carbocycles. The lowest BCUT2D eigenvalue weighted by Crippen LogP contribution is -2.44. The second-order valence-electron chi connectivity index (χ2n) is 6.77. The van der Waals surface area contributed by atoms with E-state index < -0.39 is 0 Å². The second-order valence-corrected chi connectivity index (χ2v) is 6.77. The van der Waals surface area contributed by atoms with Crippen LogP contribution in [0.15, 0.2) is 12.1 Å². The van der Waals surface area contributed by atoms with E-state index in [-0.39, 0.29) is 24.7 Å². The van der Waals surface area contributed by atoms with Crippen molar-refractivity contribution in [2.24, 2.45) is 5.92 Å². The number of halogens is 1. The second kappa shape index (κ2) is 7.83. The summed E-state index contributed by atoms with van der Waals surface area (Å²) in [6.07, 6.45) is 4.94. The van der Waals surface area contributed by atoms with E-state index in [4.69, 9.17) is 9.47 Å². The van der Waals surface area contributed by atoms with E-state index in [0.29, 0.717) is 25.3 Å². The van der Waals surface area contributed by atoms with E-state index in [9.17, 15) is 9.18 Å². The molecule has 0 unspecified atom stereocenters. The van der Waals surface area contributed by atoms with Gasteiger partial charge < -0.3 is 20.1 Å². The van der Waals surface area contributed by atoms with Gasteiger partial charge in [0.1, 0.15) is 11.6 Å². The van der Waals surface area contributed by atoms with Crippen molar-refractivity contribution in [2.75, 3.05) is 13.3 Å². The Bertz CT molecular complexity index is 586. The van der Waals surface area contributed by atoms with E-state index in [1.807, 2.05) is 0 Å². The lowest BCUT2D eigenvalue weighted by molar-refractivity contribution is -0.0172.